The second kappa shape index (κ2) is 10.4. The van der Waals surface area contributed by atoms with Gasteiger partial charge in [-0.1, -0.05) is 41.4 Å². The van der Waals surface area contributed by atoms with Crippen LogP contribution in [0.25, 0.3) is 0 Å². The molecule has 1 heterocycles. The summed E-state index contributed by atoms with van der Waals surface area (Å²) >= 11 is 12.0. The predicted octanol–water partition coefficient (Wildman–Crippen LogP) is 4.80. The molecule has 1 atom stereocenters. The van der Waals surface area contributed by atoms with Crippen LogP contribution in [0.5, 0.6) is 11.5 Å². The Morgan fingerprint density at radius 3 is 2.70 bits per heavy atom. The smallest absolute Gasteiger partial charge is 0.220 e. The Kier molecular flexibility index (Phi) is 7.60. The Hall–Kier alpha value is -2.70. The van der Waals surface area contributed by atoms with Crippen LogP contribution < -0.4 is 14.8 Å². The molecule has 1 N–H and O–H groups in total. The number of halogens is 2. The molecule has 1 unspecified atom stereocenters. The van der Waals surface area contributed by atoms with Gasteiger partial charge in [-0.2, -0.15) is 0 Å². The standard InChI is InChI=1S/C22H23Cl2N3O3/c1-27-12-11-25-22(27)21(16-6-3-4-7-18(16)29-2)26-20(28)8-5-13-30-19-10-9-15(23)14-17(19)24/h3-4,6-7,9-12,14,21H,5,8,13H2,1-2H3,(H,26,28). The monoisotopic (exact) mass is 447 g/mol. The molecule has 0 spiro atoms. The third-order valence-electron chi connectivity index (χ3n) is 4.57. The molecule has 0 bridgehead atoms. The summed E-state index contributed by atoms with van der Waals surface area (Å²) in [5.74, 6) is 1.84. The first-order valence-corrected chi connectivity index (χ1v) is 10.2. The van der Waals surface area contributed by atoms with Crippen molar-refractivity contribution >= 4 is 29.1 Å². The summed E-state index contributed by atoms with van der Waals surface area (Å²) < 4.78 is 13.0. The number of hydrogen-bond donors (Lipinski definition) is 1. The van der Waals surface area contributed by atoms with Crippen LogP contribution in [0.4, 0.5) is 0 Å². The van der Waals surface area contributed by atoms with Crippen LogP contribution in [-0.4, -0.2) is 29.2 Å². The van der Waals surface area contributed by atoms with Crippen LogP contribution in [0.1, 0.15) is 30.3 Å². The van der Waals surface area contributed by atoms with Crippen molar-refractivity contribution in [1.82, 2.24) is 14.9 Å². The minimum Gasteiger partial charge on any atom is -0.496 e. The number of aromatic nitrogens is 2. The van der Waals surface area contributed by atoms with Gasteiger partial charge in [-0.3, -0.25) is 4.79 Å². The molecule has 2 aromatic carbocycles. The lowest BCUT2D eigenvalue weighted by Gasteiger charge is -2.21. The van der Waals surface area contributed by atoms with Gasteiger partial charge in [0, 0.05) is 36.4 Å². The van der Waals surface area contributed by atoms with Gasteiger partial charge in [0.15, 0.2) is 0 Å². The van der Waals surface area contributed by atoms with Gasteiger partial charge in [-0.25, -0.2) is 4.98 Å². The highest BCUT2D eigenvalue weighted by Gasteiger charge is 2.23. The number of ether oxygens (including phenoxy) is 2. The fraction of sp³-hybridized carbons (Fsp3) is 0.273. The number of carbonyl (C=O) groups excluding carboxylic acids is 1. The Morgan fingerprint density at radius 1 is 1.20 bits per heavy atom. The lowest BCUT2D eigenvalue weighted by molar-refractivity contribution is -0.121. The number of methoxy groups -OCH3 is 1. The topological polar surface area (TPSA) is 65.4 Å². The number of carbonyl (C=O) groups is 1. The predicted molar refractivity (Wildman–Crippen MR) is 117 cm³/mol. The number of rotatable bonds is 9. The zero-order valence-corrected chi connectivity index (χ0v) is 18.3. The van der Waals surface area contributed by atoms with Crippen LogP contribution in [0.15, 0.2) is 54.9 Å². The van der Waals surface area contributed by atoms with Crippen molar-refractivity contribution in [2.75, 3.05) is 13.7 Å². The van der Waals surface area contributed by atoms with E-state index in [0.717, 1.165) is 11.4 Å². The quantitative estimate of drug-likeness (QED) is 0.478. The fourth-order valence-electron chi connectivity index (χ4n) is 3.08. The van der Waals surface area contributed by atoms with E-state index < -0.39 is 6.04 Å². The third kappa shape index (κ3) is 5.46. The van der Waals surface area contributed by atoms with Crippen molar-refractivity contribution in [3.05, 3.63) is 76.3 Å². The van der Waals surface area contributed by atoms with E-state index in [1.165, 1.54) is 0 Å². The van der Waals surface area contributed by atoms with E-state index in [-0.39, 0.29) is 5.91 Å². The molecule has 0 radical (unpaired) electrons. The highest BCUT2D eigenvalue weighted by Crippen LogP contribution is 2.29. The zero-order valence-electron chi connectivity index (χ0n) is 16.8. The fourth-order valence-corrected chi connectivity index (χ4v) is 3.54. The molecule has 30 heavy (non-hydrogen) atoms. The molecule has 3 rings (SSSR count). The van der Waals surface area contributed by atoms with Crippen molar-refractivity contribution in [2.45, 2.75) is 18.9 Å². The number of nitrogens with zero attached hydrogens (tertiary/aromatic N) is 2. The maximum atomic E-state index is 12.7. The van der Waals surface area contributed by atoms with Crippen LogP contribution in [0, 0.1) is 0 Å². The van der Waals surface area contributed by atoms with E-state index >= 15 is 0 Å². The summed E-state index contributed by atoms with van der Waals surface area (Å²) in [5, 5.41) is 4.05. The summed E-state index contributed by atoms with van der Waals surface area (Å²) in [5.41, 5.74) is 0.840. The SMILES string of the molecule is COc1ccccc1C(NC(=O)CCCOc1ccc(Cl)cc1Cl)c1nccn1C. The average Bonchev–Trinajstić information content (AvgIpc) is 3.16. The number of para-hydroxylation sites is 1. The minimum atomic E-state index is -0.430. The summed E-state index contributed by atoms with van der Waals surface area (Å²) in [4.78, 5) is 17.1. The molecule has 3 aromatic rings. The maximum absolute atomic E-state index is 12.7. The van der Waals surface area contributed by atoms with Crippen LogP contribution in [0.2, 0.25) is 10.0 Å². The van der Waals surface area contributed by atoms with E-state index in [4.69, 9.17) is 32.7 Å². The second-order valence-electron chi connectivity index (χ2n) is 6.67. The molecule has 6 nitrogen and oxygen atoms in total. The maximum Gasteiger partial charge on any atom is 0.220 e. The average molecular weight is 448 g/mol. The van der Waals surface area contributed by atoms with Crippen molar-refractivity contribution < 1.29 is 14.3 Å². The lowest BCUT2D eigenvalue weighted by Crippen LogP contribution is -2.31. The molecule has 1 aromatic heterocycles. The van der Waals surface area contributed by atoms with Crippen molar-refractivity contribution in [3.8, 4) is 11.5 Å². The molecule has 0 aliphatic heterocycles. The number of amides is 1. The molecule has 0 aliphatic carbocycles. The highest BCUT2D eigenvalue weighted by molar-refractivity contribution is 6.35. The van der Waals surface area contributed by atoms with Crippen molar-refractivity contribution in [2.24, 2.45) is 7.05 Å². The Labute approximate surface area is 185 Å². The first-order chi connectivity index (χ1) is 14.5. The summed E-state index contributed by atoms with van der Waals surface area (Å²) in [7, 11) is 3.50. The molecule has 1 amide bonds. The van der Waals surface area contributed by atoms with Gasteiger partial charge in [-0.15, -0.1) is 0 Å². The number of benzene rings is 2. The number of imidazole rings is 1. The van der Waals surface area contributed by atoms with Gasteiger partial charge in [-0.05, 0) is 30.7 Å². The van der Waals surface area contributed by atoms with Crippen LogP contribution in [0.3, 0.4) is 0 Å². The summed E-state index contributed by atoms with van der Waals surface area (Å²) in [6.45, 7) is 0.358. The second-order valence-corrected chi connectivity index (χ2v) is 7.51. The molecular weight excluding hydrogens is 425 g/mol. The molecular formula is C22H23Cl2N3O3. The molecule has 0 fully saturated rings. The van der Waals surface area contributed by atoms with Crippen molar-refractivity contribution in [3.63, 3.8) is 0 Å². The van der Waals surface area contributed by atoms with E-state index in [1.807, 2.05) is 42.1 Å². The Morgan fingerprint density at radius 2 is 2.00 bits per heavy atom. The lowest BCUT2D eigenvalue weighted by atomic mass is 10.0. The van der Waals surface area contributed by atoms with Gasteiger partial charge in [0.25, 0.3) is 0 Å². The van der Waals surface area contributed by atoms with Gasteiger partial charge in [0.1, 0.15) is 23.4 Å². The van der Waals surface area contributed by atoms with Gasteiger partial charge < -0.3 is 19.4 Å². The Bertz CT molecular complexity index is 1010. The van der Waals surface area contributed by atoms with Gasteiger partial charge in [0.2, 0.25) is 5.91 Å². The normalized spacial score (nSPS) is 11.7. The van der Waals surface area contributed by atoms with E-state index in [1.54, 1.807) is 31.5 Å². The first kappa shape index (κ1) is 22.0. The summed E-state index contributed by atoms with van der Waals surface area (Å²) in [6, 6.07) is 12.2. The largest absolute Gasteiger partial charge is 0.496 e. The van der Waals surface area contributed by atoms with Gasteiger partial charge in [0.05, 0.1) is 18.7 Å². The molecule has 0 saturated heterocycles. The van der Waals surface area contributed by atoms with Crippen LogP contribution in [-0.2, 0) is 11.8 Å². The highest BCUT2D eigenvalue weighted by atomic mass is 35.5. The molecule has 8 heteroatoms. The summed E-state index contributed by atoms with van der Waals surface area (Å²) in [6.07, 6.45) is 4.37. The first-order valence-electron chi connectivity index (χ1n) is 9.47. The number of aryl methyl sites for hydroxylation is 1. The van der Waals surface area contributed by atoms with E-state index in [2.05, 4.69) is 10.3 Å². The van der Waals surface area contributed by atoms with Crippen LogP contribution >= 0.6 is 23.2 Å². The molecule has 0 aliphatic rings. The number of hydrogen-bond acceptors (Lipinski definition) is 4. The Balaban J connectivity index is 1.63. The molecule has 0 saturated carbocycles. The van der Waals surface area contributed by atoms with E-state index in [0.29, 0.717) is 41.0 Å². The van der Waals surface area contributed by atoms with Crippen molar-refractivity contribution in [1.29, 1.82) is 0 Å². The molecule has 158 valence electrons. The zero-order chi connectivity index (χ0) is 21.5. The number of nitrogens with one attached hydrogen (secondary N) is 1. The van der Waals surface area contributed by atoms with E-state index in [9.17, 15) is 4.79 Å². The third-order valence-corrected chi connectivity index (χ3v) is 5.10. The minimum absolute atomic E-state index is 0.111. The van der Waals surface area contributed by atoms with Gasteiger partial charge >= 0.3 is 0 Å².